The Balaban J connectivity index is 0.00000338. The number of carbonyl (C=O) groups is 1. The first-order chi connectivity index (χ1) is 12.0. The number of rotatable bonds is 6. The van der Waals surface area contributed by atoms with Crippen LogP contribution in [0.1, 0.15) is 20.3 Å². The summed E-state index contributed by atoms with van der Waals surface area (Å²) in [5.41, 5.74) is 0. The molecule has 0 bridgehead atoms. The van der Waals surface area contributed by atoms with Gasteiger partial charge in [-0.15, -0.1) is 24.0 Å². The summed E-state index contributed by atoms with van der Waals surface area (Å²) in [5.74, 6) is 1.72. The summed E-state index contributed by atoms with van der Waals surface area (Å²) < 4.78 is 5.64. The zero-order valence-electron chi connectivity index (χ0n) is 15.5. The van der Waals surface area contributed by atoms with Gasteiger partial charge in [0.05, 0.1) is 6.54 Å². The van der Waals surface area contributed by atoms with E-state index in [9.17, 15) is 4.79 Å². The molecule has 1 aliphatic heterocycles. The van der Waals surface area contributed by atoms with E-state index in [0.29, 0.717) is 18.2 Å². The Morgan fingerprint density at radius 3 is 2.88 bits per heavy atom. The van der Waals surface area contributed by atoms with Crippen LogP contribution in [0.3, 0.4) is 0 Å². The molecule has 0 saturated carbocycles. The van der Waals surface area contributed by atoms with Gasteiger partial charge in [-0.25, -0.2) is 0 Å². The van der Waals surface area contributed by atoms with Crippen LogP contribution >= 0.6 is 35.6 Å². The SMILES string of the molecule is CN=C(NCCOc1cccc(Cl)c1)NC1CCN(C(=O)C(C)C)C1.I. The van der Waals surface area contributed by atoms with Gasteiger partial charge in [0.1, 0.15) is 12.4 Å². The first-order valence-electron chi connectivity index (χ1n) is 8.64. The van der Waals surface area contributed by atoms with E-state index in [1.807, 2.05) is 36.9 Å². The number of benzene rings is 1. The summed E-state index contributed by atoms with van der Waals surface area (Å²) in [6, 6.07) is 7.55. The number of carbonyl (C=O) groups excluding carboxylic acids is 1. The van der Waals surface area contributed by atoms with E-state index >= 15 is 0 Å². The van der Waals surface area contributed by atoms with Gasteiger partial charge < -0.3 is 20.3 Å². The fourth-order valence-electron chi connectivity index (χ4n) is 2.73. The highest BCUT2D eigenvalue weighted by atomic mass is 127. The van der Waals surface area contributed by atoms with Gasteiger partial charge in [0.15, 0.2) is 5.96 Å². The number of ether oxygens (including phenoxy) is 1. The minimum Gasteiger partial charge on any atom is -0.492 e. The van der Waals surface area contributed by atoms with Crippen LogP contribution in [-0.4, -0.2) is 56.1 Å². The molecule has 2 N–H and O–H groups in total. The number of likely N-dealkylation sites (tertiary alicyclic amines) is 1. The molecule has 0 aromatic heterocycles. The minimum absolute atomic E-state index is 0. The molecular weight excluding hydrogens is 467 g/mol. The molecule has 2 rings (SSSR count). The Bertz CT molecular complexity index is 613. The maximum Gasteiger partial charge on any atom is 0.225 e. The molecular formula is C18H28ClIN4O2. The van der Waals surface area contributed by atoms with E-state index in [1.54, 1.807) is 13.1 Å². The van der Waals surface area contributed by atoms with Crippen molar-refractivity contribution in [2.24, 2.45) is 10.9 Å². The van der Waals surface area contributed by atoms with Crippen molar-refractivity contribution in [1.29, 1.82) is 0 Å². The zero-order chi connectivity index (χ0) is 18.2. The molecule has 6 nitrogen and oxygen atoms in total. The summed E-state index contributed by atoms with van der Waals surface area (Å²) in [5, 5.41) is 7.25. The van der Waals surface area contributed by atoms with Crippen LogP contribution in [0.25, 0.3) is 0 Å². The Morgan fingerprint density at radius 1 is 1.46 bits per heavy atom. The largest absolute Gasteiger partial charge is 0.492 e. The van der Waals surface area contributed by atoms with Gasteiger partial charge in [-0.1, -0.05) is 31.5 Å². The molecule has 1 atom stereocenters. The molecule has 1 fully saturated rings. The normalized spacial score (nSPS) is 17.0. The Morgan fingerprint density at radius 2 is 2.23 bits per heavy atom. The second kappa shape index (κ2) is 11.5. The van der Waals surface area contributed by atoms with E-state index in [2.05, 4.69) is 15.6 Å². The number of amides is 1. The number of nitrogens with one attached hydrogen (secondary N) is 2. The molecule has 1 unspecified atom stereocenters. The topological polar surface area (TPSA) is 66.0 Å². The van der Waals surface area contributed by atoms with Gasteiger partial charge in [0.2, 0.25) is 5.91 Å². The third-order valence-electron chi connectivity index (χ3n) is 4.02. The fourth-order valence-corrected chi connectivity index (χ4v) is 2.91. The number of hydrogen-bond donors (Lipinski definition) is 2. The standard InChI is InChI=1S/C18H27ClN4O2.HI/c1-13(2)17(24)23-9-7-15(12-23)22-18(20-3)21-8-10-25-16-6-4-5-14(19)11-16;/h4-6,11,13,15H,7-10,12H2,1-3H3,(H2,20,21,22);1H. The van der Waals surface area contributed by atoms with Gasteiger partial charge in [0.25, 0.3) is 0 Å². The summed E-state index contributed by atoms with van der Waals surface area (Å²) in [6.45, 7) is 6.50. The molecule has 0 aliphatic carbocycles. The highest BCUT2D eigenvalue weighted by Gasteiger charge is 2.27. The van der Waals surface area contributed by atoms with Crippen LogP contribution in [0.15, 0.2) is 29.3 Å². The van der Waals surface area contributed by atoms with E-state index < -0.39 is 0 Å². The number of hydrogen-bond acceptors (Lipinski definition) is 3. The van der Waals surface area contributed by atoms with Crippen LogP contribution in [0.2, 0.25) is 5.02 Å². The summed E-state index contributed by atoms with van der Waals surface area (Å²) in [7, 11) is 1.74. The van der Waals surface area contributed by atoms with Crippen LogP contribution in [0.5, 0.6) is 5.75 Å². The van der Waals surface area contributed by atoms with E-state index in [4.69, 9.17) is 16.3 Å². The van der Waals surface area contributed by atoms with Gasteiger partial charge >= 0.3 is 0 Å². The van der Waals surface area contributed by atoms with Crippen LogP contribution in [0, 0.1) is 5.92 Å². The Hall–Kier alpha value is -1.22. The predicted molar refractivity (Wildman–Crippen MR) is 117 cm³/mol. The molecule has 1 saturated heterocycles. The third-order valence-corrected chi connectivity index (χ3v) is 4.25. The quantitative estimate of drug-likeness (QED) is 0.276. The van der Waals surface area contributed by atoms with Crippen LogP contribution in [-0.2, 0) is 4.79 Å². The van der Waals surface area contributed by atoms with Crippen molar-refractivity contribution in [2.75, 3.05) is 33.3 Å². The molecule has 1 amide bonds. The molecule has 26 heavy (non-hydrogen) atoms. The van der Waals surface area contributed by atoms with Crippen LogP contribution in [0.4, 0.5) is 0 Å². The first kappa shape index (κ1) is 22.8. The van der Waals surface area contributed by atoms with Gasteiger partial charge in [-0.05, 0) is 24.6 Å². The molecule has 0 spiro atoms. The maximum atomic E-state index is 12.0. The van der Waals surface area contributed by atoms with Gasteiger partial charge in [0, 0.05) is 37.1 Å². The summed E-state index contributed by atoms with van der Waals surface area (Å²) in [4.78, 5) is 18.2. The average molecular weight is 495 g/mol. The van der Waals surface area contributed by atoms with Crippen molar-refractivity contribution >= 4 is 47.4 Å². The average Bonchev–Trinajstić information content (AvgIpc) is 3.05. The van der Waals surface area contributed by atoms with Crippen molar-refractivity contribution < 1.29 is 9.53 Å². The predicted octanol–water partition coefficient (Wildman–Crippen LogP) is 2.76. The number of halogens is 2. The van der Waals surface area contributed by atoms with Crippen LogP contribution < -0.4 is 15.4 Å². The molecule has 1 aromatic rings. The molecule has 1 aromatic carbocycles. The molecule has 8 heteroatoms. The molecule has 1 heterocycles. The monoisotopic (exact) mass is 494 g/mol. The zero-order valence-corrected chi connectivity index (χ0v) is 18.6. The number of nitrogens with zero attached hydrogens (tertiary/aromatic N) is 2. The van der Waals surface area contributed by atoms with Crippen molar-refractivity contribution in [3.63, 3.8) is 0 Å². The lowest BCUT2D eigenvalue weighted by Gasteiger charge is -2.20. The van der Waals surface area contributed by atoms with Crippen molar-refractivity contribution in [3.05, 3.63) is 29.3 Å². The maximum absolute atomic E-state index is 12.0. The van der Waals surface area contributed by atoms with Gasteiger partial charge in [-0.3, -0.25) is 9.79 Å². The second-order valence-electron chi connectivity index (χ2n) is 6.37. The first-order valence-corrected chi connectivity index (χ1v) is 9.01. The smallest absolute Gasteiger partial charge is 0.225 e. The fraction of sp³-hybridized carbons (Fsp3) is 0.556. The summed E-state index contributed by atoms with van der Waals surface area (Å²) in [6.07, 6.45) is 0.929. The van der Waals surface area contributed by atoms with E-state index in [0.717, 1.165) is 31.2 Å². The minimum atomic E-state index is 0. The van der Waals surface area contributed by atoms with E-state index in [1.165, 1.54) is 0 Å². The van der Waals surface area contributed by atoms with Crippen molar-refractivity contribution in [3.8, 4) is 5.75 Å². The van der Waals surface area contributed by atoms with Crippen molar-refractivity contribution in [2.45, 2.75) is 26.3 Å². The molecule has 0 radical (unpaired) electrons. The lowest BCUT2D eigenvalue weighted by molar-refractivity contribution is -0.133. The Kier molecular flexibility index (Phi) is 10.1. The molecule has 146 valence electrons. The lowest BCUT2D eigenvalue weighted by atomic mass is 10.2. The van der Waals surface area contributed by atoms with Gasteiger partial charge in [-0.2, -0.15) is 0 Å². The summed E-state index contributed by atoms with van der Waals surface area (Å²) >= 11 is 5.93. The highest BCUT2D eigenvalue weighted by molar-refractivity contribution is 14.0. The third kappa shape index (κ3) is 7.19. The number of aliphatic imine (C=N–C) groups is 1. The highest BCUT2D eigenvalue weighted by Crippen LogP contribution is 2.16. The lowest BCUT2D eigenvalue weighted by Crippen LogP contribution is -2.46. The van der Waals surface area contributed by atoms with Crippen molar-refractivity contribution in [1.82, 2.24) is 15.5 Å². The van der Waals surface area contributed by atoms with E-state index in [-0.39, 0.29) is 41.8 Å². The molecule has 1 aliphatic rings. The number of guanidine groups is 1. The second-order valence-corrected chi connectivity index (χ2v) is 6.81. The Labute approximate surface area is 177 Å².